The molecule has 0 aliphatic carbocycles. The molecule has 0 aliphatic rings. The first-order chi connectivity index (χ1) is 6.08. The van der Waals surface area contributed by atoms with Gasteiger partial charge >= 0.3 is 0 Å². The topological polar surface area (TPSA) is 29.5 Å². The summed E-state index contributed by atoms with van der Waals surface area (Å²) in [6.45, 7) is 0.285. The predicted molar refractivity (Wildman–Crippen MR) is 53.2 cm³/mol. The number of alkyl halides is 2. The Labute approximate surface area is 87.0 Å². The van der Waals surface area contributed by atoms with E-state index < -0.39 is 4.52 Å². The molecular formula is C9H10Cl2O2. The lowest BCUT2D eigenvalue weighted by Gasteiger charge is -2.12. The highest BCUT2D eigenvalue weighted by atomic mass is 35.5. The molecule has 4 heteroatoms. The number of aliphatic hydroxyl groups is 1. The van der Waals surface area contributed by atoms with Crippen LogP contribution in [0.15, 0.2) is 30.3 Å². The summed E-state index contributed by atoms with van der Waals surface area (Å²) in [5.74, 6) is 0.736. The summed E-state index contributed by atoms with van der Waals surface area (Å²) in [4.78, 5) is 0. The average Bonchev–Trinajstić information content (AvgIpc) is 2.04. The van der Waals surface area contributed by atoms with Gasteiger partial charge in [0.15, 0.2) is 0 Å². The normalized spacial score (nSPS) is 11.3. The molecule has 0 aliphatic heterocycles. The molecule has 0 heterocycles. The second kappa shape index (κ2) is 4.70. The second-order valence-electron chi connectivity index (χ2n) is 2.58. The first kappa shape index (κ1) is 10.6. The average molecular weight is 221 g/mol. The van der Waals surface area contributed by atoms with Crippen molar-refractivity contribution < 1.29 is 9.84 Å². The largest absolute Gasteiger partial charge is 0.493 e. The first-order valence-electron chi connectivity index (χ1n) is 3.86. The smallest absolute Gasteiger partial charge is 0.218 e. The van der Waals surface area contributed by atoms with Gasteiger partial charge in [-0.15, -0.1) is 0 Å². The molecule has 1 rings (SSSR count). The van der Waals surface area contributed by atoms with E-state index in [0.29, 0.717) is 0 Å². The molecule has 0 aromatic heterocycles. The number of hydrogen-bond donors (Lipinski definition) is 1. The lowest BCUT2D eigenvalue weighted by atomic mass is 10.3. The molecule has 0 radical (unpaired) electrons. The van der Waals surface area contributed by atoms with Gasteiger partial charge in [-0.05, 0) is 12.1 Å². The highest BCUT2D eigenvalue weighted by molar-refractivity contribution is 6.46. The van der Waals surface area contributed by atoms with E-state index in [1.54, 1.807) is 0 Å². The van der Waals surface area contributed by atoms with Crippen molar-refractivity contribution in [2.75, 3.05) is 6.61 Å². The van der Waals surface area contributed by atoms with E-state index >= 15 is 0 Å². The number of ether oxygens (including phenoxy) is 1. The van der Waals surface area contributed by atoms with Gasteiger partial charge in [0.2, 0.25) is 4.52 Å². The minimum atomic E-state index is -1.70. The third-order valence-electron chi connectivity index (χ3n) is 1.41. The molecule has 0 saturated carbocycles. The fraction of sp³-hybridized carbons (Fsp3) is 0.333. The number of para-hydroxylation sites is 1. The molecule has 0 fully saturated rings. The van der Waals surface area contributed by atoms with Crippen molar-refractivity contribution in [2.24, 2.45) is 0 Å². The van der Waals surface area contributed by atoms with Gasteiger partial charge in [0.05, 0.1) is 6.61 Å². The first-order valence-corrected chi connectivity index (χ1v) is 4.61. The van der Waals surface area contributed by atoms with E-state index in [-0.39, 0.29) is 13.0 Å². The van der Waals surface area contributed by atoms with E-state index in [1.165, 1.54) is 0 Å². The Kier molecular flexibility index (Phi) is 3.85. The molecule has 0 atom stereocenters. The fourth-order valence-corrected chi connectivity index (χ4v) is 0.963. The maximum atomic E-state index is 8.95. The molecule has 0 bridgehead atoms. The van der Waals surface area contributed by atoms with Crippen LogP contribution in [0.25, 0.3) is 0 Å². The van der Waals surface area contributed by atoms with Crippen molar-refractivity contribution in [1.82, 2.24) is 0 Å². The zero-order chi connectivity index (χ0) is 9.73. The van der Waals surface area contributed by atoms with Crippen LogP contribution in [-0.4, -0.2) is 16.2 Å². The summed E-state index contributed by atoms with van der Waals surface area (Å²) in [7, 11) is 0. The monoisotopic (exact) mass is 220 g/mol. The van der Waals surface area contributed by atoms with Gasteiger partial charge in [0, 0.05) is 6.42 Å². The molecule has 1 aromatic rings. The molecule has 1 aromatic carbocycles. The van der Waals surface area contributed by atoms with Crippen molar-refractivity contribution in [3.8, 4) is 5.75 Å². The van der Waals surface area contributed by atoms with E-state index in [2.05, 4.69) is 0 Å². The number of rotatable bonds is 4. The van der Waals surface area contributed by atoms with Crippen LogP contribution in [0.1, 0.15) is 6.42 Å². The van der Waals surface area contributed by atoms with Crippen molar-refractivity contribution in [3.63, 3.8) is 0 Å². The van der Waals surface area contributed by atoms with Crippen LogP contribution in [0.5, 0.6) is 5.75 Å². The van der Waals surface area contributed by atoms with Gasteiger partial charge in [0.25, 0.3) is 0 Å². The lowest BCUT2D eigenvalue weighted by molar-refractivity contribution is 0.171. The number of halogens is 2. The second-order valence-corrected chi connectivity index (χ2v) is 4.02. The molecular weight excluding hydrogens is 211 g/mol. The molecule has 0 saturated heterocycles. The summed E-state index contributed by atoms with van der Waals surface area (Å²) in [6, 6.07) is 9.27. The van der Waals surface area contributed by atoms with Gasteiger partial charge in [-0.1, -0.05) is 41.4 Å². The molecule has 72 valence electrons. The number of hydrogen-bond acceptors (Lipinski definition) is 2. The molecule has 13 heavy (non-hydrogen) atoms. The molecule has 1 N–H and O–H groups in total. The van der Waals surface area contributed by atoms with Gasteiger partial charge in [-0.25, -0.2) is 0 Å². The molecule has 0 spiro atoms. The Balaban J connectivity index is 2.29. The zero-order valence-corrected chi connectivity index (χ0v) is 8.42. The van der Waals surface area contributed by atoms with Gasteiger partial charge < -0.3 is 9.84 Å². The van der Waals surface area contributed by atoms with Gasteiger partial charge in [0.1, 0.15) is 5.75 Å². The summed E-state index contributed by atoms with van der Waals surface area (Å²) >= 11 is 10.7. The maximum Gasteiger partial charge on any atom is 0.218 e. The van der Waals surface area contributed by atoms with Crippen LogP contribution in [0, 0.1) is 0 Å². The third kappa shape index (κ3) is 4.98. The summed E-state index contributed by atoms with van der Waals surface area (Å²) < 4.78 is 3.55. The molecule has 2 nitrogen and oxygen atoms in total. The summed E-state index contributed by atoms with van der Waals surface area (Å²) in [6.07, 6.45) is 0.172. The molecule has 0 unspecified atom stereocenters. The van der Waals surface area contributed by atoms with Crippen LogP contribution in [-0.2, 0) is 0 Å². The van der Waals surface area contributed by atoms with Crippen molar-refractivity contribution in [1.29, 1.82) is 0 Å². The van der Waals surface area contributed by atoms with E-state index in [9.17, 15) is 0 Å². The lowest BCUT2D eigenvalue weighted by Crippen LogP contribution is -2.15. The Morgan fingerprint density at radius 3 is 2.38 bits per heavy atom. The standard InChI is InChI=1S/C9H10Cl2O2/c10-9(11,12)6-7-13-8-4-2-1-3-5-8/h1-5,12H,6-7H2. The minimum absolute atomic E-state index is 0.172. The van der Waals surface area contributed by atoms with Crippen LogP contribution in [0.2, 0.25) is 0 Å². The van der Waals surface area contributed by atoms with Crippen molar-refractivity contribution in [3.05, 3.63) is 30.3 Å². The highest BCUT2D eigenvalue weighted by Crippen LogP contribution is 2.21. The van der Waals surface area contributed by atoms with E-state index in [4.69, 9.17) is 33.0 Å². The third-order valence-corrected chi connectivity index (χ3v) is 1.79. The Hall–Kier alpha value is -0.440. The molecule has 0 amide bonds. The Morgan fingerprint density at radius 2 is 1.85 bits per heavy atom. The van der Waals surface area contributed by atoms with Crippen molar-refractivity contribution >= 4 is 23.2 Å². The van der Waals surface area contributed by atoms with Crippen LogP contribution < -0.4 is 4.74 Å². The zero-order valence-electron chi connectivity index (χ0n) is 6.91. The number of benzene rings is 1. The maximum absolute atomic E-state index is 8.95. The van der Waals surface area contributed by atoms with E-state index in [0.717, 1.165) is 5.75 Å². The summed E-state index contributed by atoms with van der Waals surface area (Å²) in [5.41, 5.74) is 0. The van der Waals surface area contributed by atoms with Gasteiger partial charge in [-0.2, -0.15) is 0 Å². The Morgan fingerprint density at radius 1 is 1.23 bits per heavy atom. The van der Waals surface area contributed by atoms with Crippen LogP contribution in [0.3, 0.4) is 0 Å². The van der Waals surface area contributed by atoms with Gasteiger partial charge in [-0.3, -0.25) is 0 Å². The summed E-state index contributed by atoms with van der Waals surface area (Å²) in [5, 5.41) is 8.95. The quantitative estimate of drug-likeness (QED) is 0.791. The SMILES string of the molecule is OC(Cl)(Cl)CCOc1ccccc1. The van der Waals surface area contributed by atoms with Crippen LogP contribution in [0.4, 0.5) is 0 Å². The van der Waals surface area contributed by atoms with E-state index in [1.807, 2.05) is 30.3 Å². The minimum Gasteiger partial charge on any atom is -0.493 e. The Bertz CT molecular complexity index is 244. The fourth-order valence-electron chi connectivity index (χ4n) is 0.808. The predicted octanol–water partition coefficient (Wildman–Crippen LogP) is 2.58. The van der Waals surface area contributed by atoms with Crippen molar-refractivity contribution in [2.45, 2.75) is 10.9 Å². The highest BCUT2D eigenvalue weighted by Gasteiger charge is 2.18. The van der Waals surface area contributed by atoms with Crippen LogP contribution >= 0.6 is 23.2 Å².